The number of halogens is 1. The minimum absolute atomic E-state index is 0.278. The summed E-state index contributed by atoms with van der Waals surface area (Å²) in [5.41, 5.74) is 1.20. The normalized spacial score (nSPS) is 10.7. The molecular weight excluding hydrogens is 240 g/mol. The highest BCUT2D eigenvalue weighted by Gasteiger charge is 2.03. The van der Waals surface area contributed by atoms with Crippen molar-refractivity contribution in [3.63, 3.8) is 0 Å². The van der Waals surface area contributed by atoms with Crippen LogP contribution in [0.2, 0.25) is 0 Å². The third-order valence-corrected chi connectivity index (χ3v) is 3.12. The maximum Gasteiger partial charge on any atom is 0.130 e. The smallest absolute Gasteiger partial charge is 0.130 e. The highest BCUT2D eigenvalue weighted by molar-refractivity contribution is 9.10. The van der Waals surface area contributed by atoms with E-state index in [0.29, 0.717) is 0 Å². The van der Waals surface area contributed by atoms with Gasteiger partial charge in [0.15, 0.2) is 0 Å². The number of fused-ring (bicyclic) bond motifs is 1. The second-order valence-corrected chi connectivity index (χ2v) is 4.00. The molecular formula is C12H10BrO. The minimum Gasteiger partial charge on any atom is -0.507 e. The Hall–Kier alpha value is -1.02. The van der Waals surface area contributed by atoms with Crippen molar-refractivity contribution in [1.82, 2.24) is 0 Å². The molecule has 2 rings (SSSR count). The van der Waals surface area contributed by atoms with Crippen LogP contribution in [-0.4, -0.2) is 5.11 Å². The predicted octanol–water partition coefficient (Wildman–Crippen LogP) is 3.68. The first-order valence-corrected chi connectivity index (χ1v) is 5.21. The van der Waals surface area contributed by atoms with E-state index in [1.165, 1.54) is 5.56 Å². The molecule has 0 saturated carbocycles. The van der Waals surface area contributed by atoms with E-state index in [9.17, 15) is 5.11 Å². The van der Waals surface area contributed by atoms with Crippen molar-refractivity contribution < 1.29 is 5.11 Å². The van der Waals surface area contributed by atoms with Crippen molar-refractivity contribution in [3.8, 4) is 5.75 Å². The summed E-state index contributed by atoms with van der Waals surface area (Å²) in [5, 5.41) is 11.6. The molecule has 0 aliphatic heterocycles. The maximum atomic E-state index is 9.48. The molecule has 1 radical (unpaired) electrons. The summed E-state index contributed by atoms with van der Waals surface area (Å²) in [6.07, 6.45) is 0.786. The quantitative estimate of drug-likeness (QED) is 0.818. The van der Waals surface area contributed by atoms with E-state index in [0.717, 1.165) is 21.7 Å². The zero-order chi connectivity index (χ0) is 10.1. The summed E-state index contributed by atoms with van der Waals surface area (Å²) in [7, 11) is 0. The van der Waals surface area contributed by atoms with Crippen LogP contribution in [0.15, 0.2) is 34.8 Å². The molecule has 2 aromatic carbocycles. The van der Waals surface area contributed by atoms with Crippen molar-refractivity contribution in [2.45, 2.75) is 6.42 Å². The summed E-state index contributed by atoms with van der Waals surface area (Å²) in [5.74, 6) is 0.278. The first kappa shape index (κ1) is 9.53. The SMILES string of the molecule is [CH2]Cc1ccc2c(Br)c(O)ccc2c1. The lowest BCUT2D eigenvalue weighted by Gasteiger charge is -2.04. The van der Waals surface area contributed by atoms with Gasteiger partial charge >= 0.3 is 0 Å². The molecule has 0 atom stereocenters. The van der Waals surface area contributed by atoms with E-state index in [2.05, 4.69) is 28.9 Å². The molecule has 0 aliphatic rings. The Bertz CT molecular complexity index is 477. The molecule has 14 heavy (non-hydrogen) atoms. The summed E-state index contributed by atoms with van der Waals surface area (Å²) >= 11 is 3.36. The molecule has 71 valence electrons. The average molecular weight is 250 g/mol. The number of phenols is 1. The molecule has 0 saturated heterocycles. The summed E-state index contributed by atoms with van der Waals surface area (Å²) in [6, 6.07) is 9.72. The predicted molar refractivity (Wildman–Crippen MR) is 62.4 cm³/mol. The van der Waals surface area contributed by atoms with E-state index in [1.54, 1.807) is 6.07 Å². The Morgan fingerprint density at radius 1 is 1.21 bits per heavy atom. The Morgan fingerprint density at radius 2 is 2.00 bits per heavy atom. The van der Waals surface area contributed by atoms with E-state index < -0.39 is 0 Å². The van der Waals surface area contributed by atoms with Crippen LogP contribution in [0, 0.1) is 6.92 Å². The first-order chi connectivity index (χ1) is 6.72. The van der Waals surface area contributed by atoms with E-state index in [-0.39, 0.29) is 5.75 Å². The molecule has 0 unspecified atom stereocenters. The average Bonchev–Trinajstić information content (AvgIpc) is 2.23. The lowest BCUT2D eigenvalue weighted by atomic mass is 10.1. The Balaban J connectivity index is 2.74. The highest BCUT2D eigenvalue weighted by Crippen LogP contribution is 2.32. The van der Waals surface area contributed by atoms with Gasteiger partial charge in [-0.3, -0.25) is 0 Å². The van der Waals surface area contributed by atoms with Gasteiger partial charge in [-0.15, -0.1) is 0 Å². The fourth-order valence-corrected chi connectivity index (χ4v) is 1.98. The van der Waals surface area contributed by atoms with Gasteiger partial charge in [0.1, 0.15) is 5.75 Å². The van der Waals surface area contributed by atoms with Crippen LogP contribution in [-0.2, 0) is 6.42 Å². The zero-order valence-corrected chi connectivity index (χ0v) is 9.21. The van der Waals surface area contributed by atoms with Crippen LogP contribution in [0.4, 0.5) is 0 Å². The first-order valence-electron chi connectivity index (χ1n) is 4.41. The number of rotatable bonds is 1. The largest absolute Gasteiger partial charge is 0.507 e. The standard InChI is InChI=1S/C12H10BrO/c1-2-8-3-5-10-9(7-8)4-6-11(14)12(10)13/h3-7,14H,1-2H2. The molecule has 2 heteroatoms. The summed E-state index contributed by atoms with van der Waals surface area (Å²) < 4.78 is 0.755. The highest BCUT2D eigenvalue weighted by atomic mass is 79.9. The van der Waals surface area contributed by atoms with Crippen molar-refractivity contribution >= 4 is 26.7 Å². The Labute approximate surface area is 91.5 Å². The third-order valence-electron chi connectivity index (χ3n) is 2.29. The van der Waals surface area contributed by atoms with Crippen LogP contribution in [0.3, 0.4) is 0 Å². The molecule has 1 nitrogen and oxygen atoms in total. The van der Waals surface area contributed by atoms with Gasteiger partial charge in [-0.25, -0.2) is 0 Å². The number of benzene rings is 2. The molecule has 0 aliphatic carbocycles. The van der Waals surface area contributed by atoms with Crippen LogP contribution in [0.25, 0.3) is 10.8 Å². The molecule has 1 N–H and O–H groups in total. The summed E-state index contributed by atoms with van der Waals surface area (Å²) in [4.78, 5) is 0. The molecule has 2 aromatic rings. The van der Waals surface area contributed by atoms with Gasteiger partial charge in [-0.2, -0.15) is 0 Å². The molecule has 0 fully saturated rings. The van der Waals surface area contributed by atoms with Gasteiger partial charge in [0.05, 0.1) is 4.47 Å². The molecule has 0 aromatic heterocycles. The van der Waals surface area contributed by atoms with Gasteiger partial charge in [-0.05, 0) is 51.7 Å². The van der Waals surface area contributed by atoms with Crippen LogP contribution in [0.1, 0.15) is 5.56 Å². The minimum atomic E-state index is 0.278. The second-order valence-electron chi connectivity index (χ2n) is 3.20. The summed E-state index contributed by atoms with van der Waals surface area (Å²) in [6.45, 7) is 3.84. The Morgan fingerprint density at radius 3 is 2.71 bits per heavy atom. The molecule has 0 spiro atoms. The zero-order valence-electron chi connectivity index (χ0n) is 7.63. The number of aromatic hydroxyl groups is 1. The molecule has 0 heterocycles. The topological polar surface area (TPSA) is 20.2 Å². The van der Waals surface area contributed by atoms with E-state index >= 15 is 0 Å². The van der Waals surface area contributed by atoms with Gasteiger partial charge in [-0.1, -0.05) is 24.3 Å². The fraction of sp³-hybridized carbons (Fsp3) is 0.0833. The maximum absolute atomic E-state index is 9.48. The molecule has 0 bridgehead atoms. The van der Waals surface area contributed by atoms with E-state index in [4.69, 9.17) is 0 Å². The fourth-order valence-electron chi connectivity index (χ4n) is 1.49. The van der Waals surface area contributed by atoms with Crippen LogP contribution < -0.4 is 0 Å². The lowest BCUT2D eigenvalue weighted by molar-refractivity contribution is 0.473. The van der Waals surface area contributed by atoms with Gasteiger partial charge in [0, 0.05) is 0 Å². The third kappa shape index (κ3) is 1.50. The van der Waals surface area contributed by atoms with E-state index in [1.807, 2.05) is 18.2 Å². The van der Waals surface area contributed by atoms with Gasteiger partial charge in [0.25, 0.3) is 0 Å². The monoisotopic (exact) mass is 249 g/mol. The molecule has 0 amide bonds. The lowest BCUT2D eigenvalue weighted by Crippen LogP contribution is -1.81. The number of phenolic OH excluding ortho intramolecular Hbond substituents is 1. The number of hydrogen-bond donors (Lipinski definition) is 1. The Kier molecular flexibility index (Phi) is 2.46. The van der Waals surface area contributed by atoms with Crippen molar-refractivity contribution in [1.29, 1.82) is 0 Å². The van der Waals surface area contributed by atoms with Crippen molar-refractivity contribution in [3.05, 3.63) is 47.3 Å². The number of hydrogen-bond acceptors (Lipinski definition) is 1. The van der Waals surface area contributed by atoms with Crippen molar-refractivity contribution in [2.24, 2.45) is 0 Å². The van der Waals surface area contributed by atoms with Gasteiger partial charge in [0.2, 0.25) is 0 Å². The van der Waals surface area contributed by atoms with Gasteiger partial charge < -0.3 is 5.11 Å². The van der Waals surface area contributed by atoms with Crippen molar-refractivity contribution in [2.75, 3.05) is 0 Å². The van der Waals surface area contributed by atoms with Crippen LogP contribution in [0.5, 0.6) is 5.75 Å². The van der Waals surface area contributed by atoms with Crippen LogP contribution >= 0.6 is 15.9 Å². The second kappa shape index (κ2) is 3.62.